The van der Waals surface area contributed by atoms with Crippen molar-refractivity contribution in [3.05, 3.63) is 53.1 Å². The predicted octanol–water partition coefficient (Wildman–Crippen LogP) is 2.53. The van der Waals surface area contributed by atoms with Gasteiger partial charge in [-0.15, -0.1) is 0 Å². The first-order valence-electron chi connectivity index (χ1n) is 8.04. The number of carbonyl (C=O) groups excluding carboxylic acids is 1. The minimum absolute atomic E-state index is 0.351. The Labute approximate surface area is 141 Å². The van der Waals surface area contributed by atoms with Crippen molar-refractivity contribution in [3.63, 3.8) is 0 Å². The summed E-state index contributed by atoms with van der Waals surface area (Å²) < 4.78 is 2.01. The van der Waals surface area contributed by atoms with Crippen molar-refractivity contribution in [2.75, 3.05) is 0 Å². The van der Waals surface area contributed by atoms with Crippen LogP contribution in [0.3, 0.4) is 0 Å². The Morgan fingerprint density at radius 3 is 2.67 bits per heavy atom. The lowest BCUT2D eigenvalue weighted by atomic mass is 10.1. The highest BCUT2D eigenvalue weighted by Crippen LogP contribution is 2.17. The van der Waals surface area contributed by atoms with Gasteiger partial charge in [0, 0.05) is 17.6 Å². The number of rotatable bonds is 7. The van der Waals surface area contributed by atoms with E-state index in [0.29, 0.717) is 24.9 Å². The molecule has 0 spiro atoms. The Hall–Kier alpha value is -2.63. The Morgan fingerprint density at radius 1 is 1.33 bits per heavy atom. The van der Waals surface area contributed by atoms with Crippen LogP contribution in [-0.2, 0) is 11.3 Å². The number of hydrogen-bond donors (Lipinski definition) is 2. The predicted molar refractivity (Wildman–Crippen MR) is 91.0 cm³/mol. The topological polar surface area (TPSA) is 84.2 Å². The molecular formula is C18H23N3O3. The summed E-state index contributed by atoms with van der Waals surface area (Å²) in [7, 11) is 0. The molecule has 24 heavy (non-hydrogen) atoms. The molecular weight excluding hydrogens is 306 g/mol. The largest absolute Gasteiger partial charge is 0.480 e. The Morgan fingerprint density at radius 2 is 2.08 bits per heavy atom. The summed E-state index contributed by atoms with van der Waals surface area (Å²) in [5, 5.41) is 11.8. The van der Waals surface area contributed by atoms with E-state index in [4.69, 9.17) is 0 Å². The number of nitrogens with one attached hydrogen (secondary N) is 1. The van der Waals surface area contributed by atoms with E-state index in [1.54, 1.807) is 12.3 Å². The molecule has 2 aromatic heterocycles. The van der Waals surface area contributed by atoms with Crippen molar-refractivity contribution in [1.82, 2.24) is 14.9 Å². The van der Waals surface area contributed by atoms with Crippen LogP contribution in [0.15, 0.2) is 30.5 Å². The molecule has 0 radical (unpaired) electrons. The van der Waals surface area contributed by atoms with Gasteiger partial charge in [-0.3, -0.25) is 9.78 Å². The maximum atomic E-state index is 12.5. The number of carboxylic acids is 1. The molecule has 2 N–H and O–H groups in total. The van der Waals surface area contributed by atoms with Gasteiger partial charge in [-0.1, -0.05) is 19.4 Å². The third-order valence-electron chi connectivity index (χ3n) is 4.05. The summed E-state index contributed by atoms with van der Waals surface area (Å²) in [5.74, 6) is -1.36. The molecule has 0 aliphatic heterocycles. The van der Waals surface area contributed by atoms with Gasteiger partial charge >= 0.3 is 5.97 Å². The quantitative estimate of drug-likeness (QED) is 0.817. The minimum Gasteiger partial charge on any atom is -0.480 e. The summed E-state index contributed by atoms with van der Waals surface area (Å²) in [6.07, 6.45) is 2.84. The van der Waals surface area contributed by atoms with Crippen LogP contribution in [0.5, 0.6) is 0 Å². The van der Waals surface area contributed by atoms with Gasteiger partial charge in [-0.05, 0) is 38.5 Å². The van der Waals surface area contributed by atoms with Crippen LogP contribution in [-0.4, -0.2) is 32.6 Å². The van der Waals surface area contributed by atoms with Crippen LogP contribution in [0.4, 0.5) is 0 Å². The van der Waals surface area contributed by atoms with Crippen molar-refractivity contribution in [1.29, 1.82) is 0 Å². The van der Waals surface area contributed by atoms with Gasteiger partial charge in [0.05, 0.1) is 17.8 Å². The molecule has 0 saturated heterocycles. The first-order valence-corrected chi connectivity index (χ1v) is 8.04. The van der Waals surface area contributed by atoms with Crippen LogP contribution >= 0.6 is 0 Å². The normalized spacial score (nSPS) is 12.0. The molecule has 2 aromatic rings. The zero-order valence-electron chi connectivity index (χ0n) is 14.2. The highest BCUT2D eigenvalue weighted by atomic mass is 16.4. The molecule has 2 heterocycles. The van der Waals surface area contributed by atoms with E-state index in [9.17, 15) is 14.7 Å². The highest BCUT2D eigenvalue weighted by Gasteiger charge is 2.22. The fourth-order valence-electron chi connectivity index (χ4n) is 2.71. The lowest BCUT2D eigenvalue weighted by Crippen LogP contribution is -2.40. The summed E-state index contributed by atoms with van der Waals surface area (Å²) in [6.45, 7) is 6.25. The van der Waals surface area contributed by atoms with Gasteiger partial charge in [0.25, 0.3) is 5.91 Å². The van der Waals surface area contributed by atoms with Gasteiger partial charge < -0.3 is 15.0 Å². The second-order valence-corrected chi connectivity index (χ2v) is 5.84. The first kappa shape index (κ1) is 17.7. The van der Waals surface area contributed by atoms with Crippen molar-refractivity contribution in [3.8, 4) is 0 Å². The van der Waals surface area contributed by atoms with Crippen LogP contribution in [0.2, 0.25) is 0 Å². The third kappa shape index (κ3) is 4.01. The van der Waals surface area contributed by atoms with Gasteiger partial charge in [0.15, 0.2) is 0 Å². The van der Waals surface area contributed by atoms with Gasteiger partial charge in [-0.2, -0.15) is 0 Å². The van der Waals surface area contributed by atoms with Crippen LogP contribution in [0, 0.1) is 13.8 Å². The zero-order valence-corrected chi connectivity index (χ0v) is 14.2. The van der Waals surface area contributed by atoms with E-state index in [2.05, 4.69) is 10.3 Å². The number of amides is 1. The zero-order chi connectivity index (χ0) is 17.7. The number of aryl methyl sites for hydroxylation is 1. The molecule has 6 nitrogen and oxygen atoms in total. The van der Waals surface area contributed by atoms with Crippen molar-refractivity contribution in [2.24, 2.45) is 0 Å². The Bertz CT molecular complexity index is 723. The number of carbonyl (C=O) groups is 2. The van der Waals surface area contributed by atoms with Crippen LogP contribution in [0.1, 0.15) is 47.2 Å². The molecule has 0 aromatic carbocycles. The molecule has 2 rings (SSSR count). The second kappa shape index (κ2) is 7.77. The Balaban J connectivity index is 2.21. The fourth-order valence-corrected chi connectivity index (χ4v) is 2.71. The number of aliphatic carboxylic acids is 1. The van der Waals surface area contributed by atoms with Crippen LogP contribution in [0.25, 0.3) is 0 Å². The van der Waals surface area contributed by atoms with E-state index < -0.39 is 12.0 Å². The summed E-state index contributed by atoms with van der Waals surface area (Å²) in [6, 6.07) is 6.64. The van der Waals surface area contributed by atoms with Gasteiger partial charge in [0.1, 0.15) is 6.04 Å². The molecule has 0 saturated carbocycles. The van der Waals surface area contributed by atoms with Crippen molar-refractivity contribution in [2.45, 2.75) is 46.2 Å². The fraction of sp³-hybridized carbons (Fsp3) is 0.389. The van der Waals surface area contributed by atoms with Crippen molar-refractivity contribution >= 4 is 11.9 Å². The highest BCUT2D eigenvalue weighted by molar-refractivity contribution is 5.97. The smallest absolute Gasteiger partial charge is 0.326 e. The maximum Gasteiger partial charge on any atom is 0.326 e. The van der Waals surface area contributed by atoms with E-state index >= 15 is 0 Å². The molecule has 1 amide bonds. The standard InChI is InChI=1S/C18H23N3O3/c1-4-7-16(18(23)24)20-17(22)15-10-12(2)21(13(15)3)11-14-8-5-6-9-19-14/h5-6,8-10,16H,4,7,11H2,1-3H3,(H,20,22)(H,23,24). The molecule has 1 atom stereocenters. The molecule has 1 unspecified atom stereocenters. The van der Waals surface area contributed by atoms with E-state index in [-0.39, 0.29) is 5.91 Å². The SMILES string of the molecule is CCCC(NC(=O)c1cc(C)n(Cc2ccccn2)c1C)C(=O)O. The third-order valence-corrected chi connectivity index (χ3v) is 4.05. The number of nitrogens with zero attached hydrogens (tertiary/aromatic N) is 2. The average Bonchev–Trinajstić information content (AvgIpc) is 2.83. The molecule has 0 aliphatic rings. The lowest BCUT2D eigenvalue weighted by Gasteiger charge is -2.14. The molecule has 6 heteroatoms. The maximum absolute atomic E-state index is 12.5. The number of pyridine rings is 1. The molecule has 128 valence electrons. The minimum atomic E-state index is -1.01. The number of hydrogen-bond acceptors (Lipinski definition) is 3. The van der Waals surface area contributed by atoms with Gasteiger partial charge in [0.2, 0.25) is 0 Å². The monoisotopic (exact) mass is 329 g/mol. The summed E-state index contributed by atoms with van der Waals surface area (Å²) in [4.78, 5) is 28.0. The van der Waals surface area contributed by atoms with Crippen LogP contribution < -0.4 is 5.32 Å². The summed E-state index contributed by atoms with van der Waals surface area (Å²) in [5.41, 5.74) is 3.15. The lowest BCUT2D eigenvalue weighted by molar-refractivity contribution is -0.139. The molecule has 0 bridgehead atoms. The van der Waals surface area contributed by atoms with Crippen molar-refractivity contribution < 1.29 is 14.7 Å². The number of carboxylic acid groups (broad SMARTS) is 1. The Kier molecular flexibility index (Phi) is 5.73. The molecule has 0 aliphatic carbocycles. The molecule has 0 fully saturated rings. The van der Waals surface area contributed by atoms with E-state index in [0.717, 1.165) is 17.1 Å². The number of aromatic nitrogens is 2. The van der Waals surface area contributed by atoms with E-state index in [1.807, 2.05) is 43.5 Å². The summed E-state index contributed by atoms with van der Waals surface area (Å²) >= 11 is 0. The first-order chi connectivity index (χ1) is 11.4. The average molecular weight is 329 g/mol. The van der Waals surface area contributed by atoms with Gasteiger partial charge in [-0.25, -0.2) is 4.79 Å². The van der Waals surface area contributed by atoms with E-state index in [1.165, 1.54) is 0 Å². The second-order valence-electron chi connectivity index (χ2n) is 5.84.